The SMILES string of the molecule is CCC(CCS(=O)(=O)C(C)(C)C)CNC(C)C. The van der Waals surface area contributed by atoms with E-state index in [4.69, 9.17) is 0 Å². The number of rotatable bonds is 7. The molecule has 0 rings (SSSR count). The van der Waals surface area contributed by atoms with Crippen molar-refractivity contribution in [1.29, 1.82) is 0 Å². The third kappa shape index (κ3) is 6.41. The molecule has 0 aliphatic rings. The molecule has 17 heavy (non-hydrogen) atoms. The first kappa shape index (κ1) is 16.9. The normalized spacial score (nSPS) is 15.2. The fourth-order valence-corrected chi connectivity index (χ4v) is 2.74. The van der Waals surface area contributed by atoms with Crippen LogP contribution in [0.4, 0.5) is 0 Å². The lowest BCUT2D eigenvalue weighted by Gasteiger charge is -2.22. The second kappa shape index (κ2) is 6.74. The second-order valence-electron chi connectivity index (χ2n) is 6.06. The van der Waals surface area contributed by atoms with Gasteiger partial charge in [-0.2, -0.15) is 0 Å². The Balaban J connectivity index is 4.25. The molecule has 0 spiro atoms. The number of hydrogen-bond donors (Lipinski definition) is 1. The van der Waals surface area contributed by atoms with Gasteiger partial charge in [0.1, 0.15) is 0 Å². The number of hydrogen-bond acceptors (Lipinski definition) is 3. The van der Waals surface area contributed by atoms with Gasteiger partial charge in [0, 0.05) is 6.04 Å². The number of sulfone groups is 1. The van der Waals surface area contributed by atoms with Gasteiger partial charge >= 0.3 is 0 Å². The van der Waals surface area contributed by atoms with Crippen molar-refractivity contribution < 1.29 is 8.42 Å². The van der Waals surface area contributed by atoms with Gasteiger partial charge in [-0.05, 0) is 39.7 Å². The highest BCUT2D eigenvalue weighted by molar-refractivity contribution is 7.92. The average Bonchev–Trinajstić information content (AvgIpc) is 2.15. The fourth-order valence-electron chi connectivity index (χ4n) is 1.48. The van der Waals surface area contributed by atoms with Crippen LogP contribution in [0.2, 0.25) is 0 Å². The van der Waals surface area contributed by atoms with Gasteiger partial charge in [0.15, 0.2) is 9.84 Å². The van der Waals surface area contributed by atoms with E-state index < -0.39 is 14.6 Å². The van der Waals surface area contributed by atoms with E-state index in [-0.39, 0.29) is 0 Å². The molecular formula is C13H29NO2S. The Kier molecular flexibility index (Phi) is 6.70. The van der Waals surface area contributed by atoms with Gasteiger partial charge in [-0.1, -0.05) is 27.2 Å². The summed E-state index contributed by atoms with van der Waals surface area (Å²) in [7, 11) is -2.97. The molecule has 0 aliphatic heterocycles. The minimum Gasteiger partial charge on any atom is -0.314 e. The maximum atomic E-state index is 12.0. The van der Waals surface area contributed by atoms with Gasteiger partial charge in [-0.3, -0.25) is 0 Å². The summed E-state index contributed by atoms with van der Waals surface area (Å²) in [6, 6.07) is 0.461. The Morgan fingerprint density at radius 3 is 2.06 bits per heavy atom. The summed E-state index contributed by atoms with van der Waals surface area (Å²) in [5, 5.41) is 3.38. The van der Waals surface area contributed by atoms with E-state index in [0.717, 1.165) is 19.4 Å². The second-order valence-corrected chi connectivity index (χ2v) is 8.92. The van der Waals surface area contributed by atoms with Crippen LogP contribution >= 0.6 is 0 Å². The Labute approximate surface area is 107 Å². The first-order chi connectivity index (χ1) is 7.60. The van der Waals surface area contributed by atoms with E-state index in [1.54, 1.807) is 20.8 Å². The lowest BCUT2D eigenvalue weighted by atomic mass is 10.0. The predicted octanol–water partition coefficient (Wildman–Crippen LogP) is 2.61. The molecule has 104 valence electrons. The molecule has 0 saturated heterocycles. The van der Waals surface area contributed by atoms with Gasteiger partial charge < -0.3 is 5.32 Å². The standard InChI is InChI=1S/C13H29NO2S/c1-7-12(10-14-11(2)3)8-9-17(15,16)13(4,5)6/h11-12,14H,7-10H2,1-6H3. The molecule has 0 radical (unpaired) electrons. The van der Waals surface area contributed by atoms with Crippen LogP contribution in [-0.2, 0) is 9.84 Å². The van der Waals surface area contributed by atoms with E-state index in [1.165, 1.54) is 0 Å². The van der Waals surface area contributed by atoms with Crippen molar-refractivity contribution in [3.05, 3.63) is 0 Å². The van der Waals surface area contributed by atoms with Gasteiger partial charge in [-0.15, -0.1) is 0 Å². The van der Waals surface area contributed by atoms with E-state index in [9.17, 15) is 8.42 Å². The van der Waals surface area contributed by atoms with E-state index in [1.807, 2.05) is 0 Å². The first-order valence-electron chi connectivity index (χ1n) is 6.55. The van der Waals surface area contributed by atoms with E-state index in [0.29, 0.717) is 17.7 Å². The molecule has 0 aromatic rings. The van der Waals surface area contributed by atoms with Crippen molar-refractivity contribution in [2.24, 2.45) is 5.92 Å². The van der Waals surface area contributed by atoms with E-state index in [2.05, 4.69) is 26.1 Å². The summed E-state index contributed by atoms with van der Waals surface area (Å²) < 4.78 is 23.4. The summed E-state index contributed by atoms with van der Waals surface area (Å²) in [5.41, 5.74) is 0. The molecule has 3 nitrogen and oxygen atoms in total. The van der Waals surface area contributed by atoms with Crippen LogP contribution in [0.5, 0.6) is 0 Å². The van der Waals surface area contributed by atoms with Crippen LogP contribution in [0.1, 0.15) is 54.4 Å². The van der Waals surface area contributed by atoms with Gasteiger partial charge in [-0.25, -0.2) is 8.42 Å². The summed E-state index contributed by atoms with van der Waals surface area (Å²) in [5.74, 6) is 0.754. The van der Waals surface area contributed by atoms with Gasteiger partial charge in [0.05, 0.1) is 10.5 Å². The van der Waals surface area contributed by atoms with Crippen molar-refractivity contribution in [2.75, 3.05) is 12.3 Å². The molecule has 0 aromatic heterocycles. The molecule has 0 fully saturated rings. The Hall–Kier alpha value is -0.0900. The molecule has 1 atom stereocenters. The highest BCUT2D eigenvalue weighted by Gasteiger charge is 2.29. The van der Waals surface area contributed by atoms with Gasteiger partial charge in [0.2, 0.25) is 0 Å². The Morgan fingerprint density at radius 2 is 1.71 bits per heavy atom. The number of nitrogens with one attached hydrogen (secondary N) is 1. The highest BCUT2D eigenvalue weighted by atomic mass is 32.2. The summed E-state index contributed by atoms with van der Waals surface area (Å²) >= 11 is 0. The van der Waals surface area contributed by atoms with Crippen molar-refractivity contribution in [1.82, 2.24) is 5.32 Å². The van der Waals surface area contributed by atoms with Crippen molar-refractivity contribution >= 4 is 9.84 Å². The monoisotopic (exact) mass is 263 g/mol. The van der Waals surface area contributed by atoms with Gasteiger partial charge in [0.25, 0.3) is 0 Å². The van der Waals surface area contributed by atoms with E-state index >= 15 is 0 Å². The third-order valence-electron chi connectivity index (χ3n) is 3.12. The summed E-state index contributed by atoms with van der Waals surface area (Å²) in [6.45, 7) is 12.6. The minimum atomic E-state index is -2.97. The Bertz CT molecular complexity index is 302. The Morgan fingerprint density at radius 1 is 1.18 bits per heavy atom. The maximum Gasteiger partial charge on any atom is 0.155 e. The predicted molar refractivity (Wildman–Crippen MR) is 75.1 cm³/mol. The molecule has 0 aliphatic carbocycles. The largest absolute Gasteiger partial charge is 0.314 e. The van der Waals surface area contributed by atoms with Crippen molar-refractivity contribution in [3.8, 4) is 0 Å². The molecule has 0 heterocycles. The lowest BCUT2D eigenvalue weighted by molar-refractivity contribution is 0.425. The molecule has 0 saturated carbocycles. The average molecular weight is 263 g/mol. The molecule has 0 amide bonds. The molecule has 0 bridgehead atoms. The molecule has 1 N–H and O–H groups in total. The van der Waals surface area contributed by atoms with Crippen LogP contribution in [0, 0.1) is 5.92 Å². The zero-order chi connectivity index (χ0) is 13.7. The topological polar surface area (TPSA) is 46.2 Å². The molecular weight excluding hydrogens is 234 g/mol. The quantitative estimate of drug-likeness (QED) is 0.768. The first-order valence-corrected chi connectivity index (χ1v) is 8.21. The fraction of sp³-hybridized carbons (Fsp3) is 1.00. The van der Waals surface area contributed by atoms with Crippen LogP contribution in [0.15, 0.2) is 0 Å². The smallest absolute Gasteiger partial charge is 0.155 e. The van der Waals surface area contributed by atoms with Crippen LogP contribution in [-0.4, -0.2) is 31.5 Å². The minimum absolute atomic E-state index is 0.300. The third-order valence-corrected chi connectivity index (χ3v) is 5.76. The highest BCUT2D eigenvalue weighted by Crippen LogP contribution is 2.19. The molecule has 4 heteroatoms. The molecule has 1 unspecified atom stereocenters. The molecule has 0 aromatic carbocycles. The van der Waals surface area contributed by atoms with Crippen molar-refractivity contribution in [2.45, 2.75) is 65.2 Å². The zero-order valence-electron chi connectivity index (χ0n) is 12.2. The maximum absolute atomic E-state index is 12.0. The van der Waals surface area contributed by atoms with Crippen LogP contribution in [0.25, 0.3) is 0 Å². The van der Waals surface area contributed by atoms with Crippen molar-refractivity contribution in [3.63, 3.8) is 0 Å². The van der Waals surface area contributed by atoms with Crippen LogP contribution in [0.3, 0.4) is 0 Å². The summed E-state index contributed by atoms with van der Waals surface area (Å²) in [4.78, 5) is 0. The zero-order valence-corrected chi connectivity index (χ0v) is 13.0. The van der Waals surface area contributed by atoms with Crippen LogP contribution < -0.4 is 5.32 Å². The lowest BCUT2D eigenvalue weighted by Crippen LogP contribution is -2.33. The summed E-state index contributed by atoms with van der Waals surface area (Å²) in [6.07, 6.45) is 1.79.